The summed E-state index contributed by atoms with van der Waals surface area (Å²) in [7, 11) is -3.18. The van der Waals surface area contributed by atoms with Gasteiger partial charge in [-0.3, -0.25) is 4.99 Å². The number of aliphatic imine (C=N–C) groups is 1. The number of nitrogens with zero attached hydrogens (tertiary/aromatic N) is 2. The van der Waals surface area contributed by atoms with E-state index in [4.69, 9.17) is 4.99 Å². The Bertz CT molecular complexity index is 599. The van der Waals surface area contributed by atoms with Gasteiger partial charge >= 0.3 is 0 Å². The zero-order valence-electron chi connectivity index (χ0n) is 14.6. The molecular formula is C16H29N3O2S. The van der Waals surface area contributed by atoms with Gasteiger partial charge in [-0.25, -0.2) is 13.1 Å². The van der Waals surface area contributed by atoms with E-state index in [1.807, 2.05) is 0 Å². The number of rotatable bonds is 4. The summed E-state index contributed by atoms with van der Waals surface area (Å²) < 4.78 is 26.6. The van der Waals surface area contributed by atoms with Crippen LogP contribution < -0.4 is 4.72 Å². The molecule has 1 N–H and O–H groups in total. The Morgan fingerprint density at radius 2 is 1.95 bits per heavy atom. The maximum Gasteiger partial charge on any atom is 0.211 e. The molecule has 0 spiro atoms. The fraction of sp³-hybridized carbons (Fsp3) is 0.812. The van der Waals surface area contributed by atoms with Gasteiger partial charge in [-0.2, -0.15) is 0 Å². The molecule has 0 unspecified atom stereocenters. The molecule has 126 valence electrons. The standard InChI is InChI=1S/C16H29N3O2S/c1-7-13-11(3)17-15(16(4,5)6)19-10-12(9-14(13)19)18-22(20,21)8-2/h11-12,18H,7-10H2,1-6H3/t11-,12-/m0/s1. The van der Waals surface area contributed by atoms with Crippen molar-refractivity contribution in [3.05, 3.63) is 11.3 Å². The maximum absolute atomic E-state index is 11.9. The molecule has 0 aromatic carbocycles. The van der Waals surface area contributed by atoms with E-state index in [2.05, 4.69) is 44.2 Å². The van der Waals surface area contributed by atoms with Crippen LogP contribution in [0.4, 0.5) is 0 Å². The molecule has 0 aliphatic carbocycles. The van der Waals surface area contributed by atoms with Crippen LogP contribution in [0.1, 0.15) is 54.4 Å². The van der Waals surface area contributed by atoms with E-state index in [0.717, 1.165) is 18.7 Å². The second kappa shape index (κ2) is 5.96. The van der Waals surface area contributed by atoms with Gasteiger partial charge in [-0.05, 0) is 25.8 Å². The number of fused-ring (bicyclic) bond motifs is 1. The van der Waals surface area contributed by atoms with Crippen LogP contribution in [-0.2, 0) is 10.0 Å². The summed E-state index contributed by atoms with van der Waals surface area (Å²) in [5.41, 5.74) is 2.57. The maximum atomic E-state index is 11.9. The van der Waals surface area contributed by atoms with Crippen LogP contribution in [0.15, 0.2) is 16.3 Å². The summed E-state index contributed by atoms with van der Waals surface area (Å²) in [4.78, 5) is 7.16. The SMILES string of the molecule is CCC1=C2C[C@H](NS(=O)(=O)CC)CN2C(C(C)(C)C)=N[C@H]1C. The Hall–Kier alpha value is -0.880. The molecule has 2 atom stereocenters. The predicted molar refractivity (Wildman–Crippen MR) is 91.4 cm³/mol. The molecule has 22 heavy (non-hydrogen) atoms. The zero-order valence-corrected chi connectivity index (χ0v) is 15.4. The van der Waals surface area contributed by atoms with Crippen molar-refractivity contribution in [2.75, 3.05) is 12.3 Å². The first-order chi connectivity index (χ1) is 10.1. The highest BCUT2D eigenvalue weighted by Gasteiger charge is 2.40. The lowest BCUT2D eigenvalue weighted by Crippen LogP contribution is -2.44. The van der Waals surface area contributed by atoms with E-state index in [9.17, 15) is 8.42 Å². The van der Waals surface area contributed by atoms with Gasteiger partial charge in [0.05, 0.1) is 11.8 Å². The number of amidine groups is 1. The largest absolute Gasteiger partial charge is 0.332 e. The van der Waals surface area contributed by atoms with Crippen molar-refractivity contribution in [1.29, 1.82) is 0 Å². The number of hydrogen-bond donors (Lipinski definition) is 1. The lowest BCUT2D eigenvalue weighted by Gasteiger charge is -2.37. The van der Waals surface area contributed by atoms with Gasteiger partial charge in [0, 0.05) is 30.1 Å². The average Bonchev–Trinajstić information content (AvgIpc) is 2.78. The lowest BCUT2D eigenvalue weighted by molar-refractivity contribution is 0.434. The Morgan fingerprint density at radius 3 is 2.45 bits per heavy atom. The third-order valence-corrected chi connectivity index (χ3v) is 5.85. The third kappa shape index (κ3) is 3.38. The fourth-order valence-corrected chi connectivity index (χ4v) is 4.18. The molecule has 0 radical (unpaired) electrons. The molecule has 2 aliphatic rings. The van der Waals surface area contributed by atoms with Gasteiger partial charge in [0.25, 0.3) is 0 Å². The minimum Gasteiger partial charge on any atom is -0.332 e. The zero-order chi connectivity index (χ0) is 16.7. The molecule has 0 bridgehead atoms. The van der Waals surface area contributed by atoms with E-state index in [1.54, 1.807) is 6.92 Å². The summed E-state index contributed by atoms with van der Waals surface area (Å²) >= 11 is 0. The summed E-state index contributed by atoms with van der Waals surface area (Å²) in [6.07, 6.45) is 1.73. The summed E-state index contributed by atoms with van der Waals surface area (Å²) in [5.74, 6) is 1.20. The Morgan fingerprint density at radius 1 is 1.32 bits per heavy atom. The average molecular weight is 327 g/mol. The minimum absolute atomic E-state index is 0.0443. The summed E-state index contributed by atoms with van der Waals surface area (Å²) in [6, 6.07) is 0.131. The number of sulfonamides is 1. The second-order valence-corrected chi connectivity index (χ2v) is 9.28. The molecule has 2 heterocycles. The van der Waals surface area contributed by atoms with Crippen molar-refractivity contribution in [3.63, 3.8) is 0 Å². The van der Waals surface area contributed by atoms with Crippen molar-refractivity contribution in [2.45, 2.75) is 66.5 Å². The van der Waals surface area contributed by atoms with Crippen LogP contribution in [0.3, 0.4) is 0 Å². The van der Waals surface area contributed by atoms with E-state index < -0.39 is 10.0 Å². The molecule has 2 rings (SSSR count). The van der Waals surface area contributed by atoms with Crippen LogP contribution >= 0.6 is 0 Å². The van der Waals surface area contributed by atoms with Crippen LogP contribution in [0.25, 0.3) is 0 Å². The second-order valence-electron chi connectivity index (χ2n) is 7.24. The molecule has 5 nitrogen and oxygen atoms in total. The van der Waals surface area contributed by atoms with Gasteiger partial charge in [-0.15, -0.1) is 0 Å². The normalized spacial score (nSPS) is 26.3. The van der Waals surface area contributed by atoms with Gasteiger partial charge in [0.2, 0.25) is 10.0 Å². The highest BCUT2D eigenvalue weighted by Crippen LogP contribution is 2.37. The van der Waals surface area contributed by atoms with Gasteiger partial charge < -0.3 is 4.90 Å². The molecule has 0 aromatic rings. The van der Waals surface area contributed by atoms with Gasteiger partial charge in [0.1, 0.15) is 5.84 Å². The lowest BCUT2D eigenvalue weighted by atomic mass is 9.90. The van der Waals surface area contributed by atoms with Crippen LogP contribution in [0.5, 0.6) is 0 Å². The van der Waals surface area contributed by atoms with Crippen molar-refractivity contribution in [3.8, 4) is 0 Å². The fourth-order valence-electron chi connectivity index (χ4n) is 3.34. The smallest absolute Gasteiger partial charge is 0.211 e. The van der Waals surface area contributed by atoms with Crippen LogP contribution in [0, 0.1) is 5.41 Å². The number of hydrogen-bond acceptors (Lipinski definition) is 4. The van der Waals surface area contributed by atoms with Crippen molar-refractivity contribution in [1.82, 2.24) is 9.62 Å². The first kappa shape index (κ1) is 17.5. The third-order valence-electron chi connectivity index (χ3n) is 4.39. The molecule has 1 fully saturated rings. The van der Waals surface area contributed by atoms with Crippen molar-refractivity contribution >= 4 is 15.9 Å². The highest BCUT2D eigenvalue weighted by atomic mass is 32.2. The van der Waals surface area contributed by atoms with E-state index in [-0.39, 0.29) is 23.3 Å². The van der Waals surface area contributed by atoms with E-state index in [0.29, 0.717) is 6.54 Å². The Labute approximate surface area is 134 Å². The molecular weight excluding hydrogens is 298 g/mol. The van der Waals surface area contributed by atoms with Crippen LogP contribution in [0.2, 0.25) is 0 Å². The van der Waals surface area contributed by atoms with Gasteiger partial charge in [-0.1, -0.05) is 27.7 Å². The molecule has 0 saturated carbocycles. The molecule has 1 saturated heterocycles. The molecule has 2 aliphatic heterocycles. The van der Waals surface area contributed by atoms with Crippen LogP contribution in [-0.4, -0.2) is 43.5 Å². The Balaban J connectivity index is 2.34. The predicted octanol–water partition coefficient (Wildman–Crippen LogP) is 2.51. The van der Waals surface area contributed by atoms with E-state index in [1.165, 1.54) is 11.3 Å². The van der Waals surface area contributed by atoms with Crippen molar-refractivity contribution < 1.29 is 8.42 Å². The van der Waals surface area contributed by atoms with Crippen molar-refractivity contribution in [2.24, 2.45) is 10.4 Å². The molecule has 0 amide bonds. The number of nitrogens with one attached hydrogen (secondary N) is 1. The van der Waals surface area contributed by atoms with Gasteiger partial charge in [0.15, 0.2) is 0 Å². The summed E-state index contributed by atoms with van der Waals surface area (Å²) in [5, 5.41) is 0. The molecule has 6 heteroatoms. The highest BCUT2D eigenvalue weighted by molar-refractivity contribution is 7.89. The quantitative estimate of drug-likeness (QED) is 0.863. The monoisotopic (exact) mass is 327 g/mol. The first-order valence-electron chi connectivity index (χ1n) is 8.16. The summed E-state index contributed by atoms with van der Waals surface area (Å²) in [6.45, 7) is 13.1. The molecule has 0 aromatic heterocycles. The minimum atomic E-state index is -3.18. The topological polar surface area (TPSA) is 61.8 Å². The van der Waals surface area contributed by atoms with E-state index >= 15 is 0 Å². The first-order valence-corrected chi connectivity index (χ1v) is 9.82. The Kier molecular flexibility index (Phi) is 4.74.